The standard InChI is InChI=1S/C14H11BrN2OS/c1-18-12-7-9(15)4-5-10(12)14(17)11(8-16)13-3-2-6-19-13/h2-7H,17H2,1H3/b14-11+. The smallest absolute Gasteiger partial charge is 0.129 e. The molecule has 0 saturated heterocycles. The molecular formula is C14H11BrN2OS. The number of allylic oxidation sites excluding steroid dienone is 1. The van der Waals surface area contributed by atoms with Crippen molar-refractivity contribution in [1.82, 2.24) is 0 Å². The molecule has 0 bridgehead atoms. The molecule has 1 aromatic carbocycles. The zero-order valence-corrected chi connectivity index (χ0v) is 12.6. The van der Waals surface area contributed by atoms with Gasteiger partial charge in [-0.3, -0.25) is 0 Å². The van der Waals surface area contributed by atoms with Crippen molar-refractivity contribution in [2.24, 2.45) is 5.73 Å². The van der Waals surface area contributed by atoms with Crippen LogP contribution >= 0.6 is 27.3 Å². The molecular weight excluding hydrogens is 324 g/mol. The van der Waals surface area contributed by atoms with Crippen molar-refractivity contribution in [2.75, 3.05) is 7.11 Å². The molecule has 0 unspecified atom stereocenters. The van der Waals surface area contributed by atoms with Crippen molar-refractivity contribution in [3.8, 4) is 11.8 Å². The van der Waals surface area contributed by atoms with Crippen molar-refractivity contribution in [3.05, 3.63) is 50.6 Å². The molecule has 0 aliphatic rings. The third-order valence-corrected chi connectivity index (χ3v) is 3.98. The molecule has 1 aromatic heterocycles. The molecule has 2 N–H and O–H groups in total. The Labute approximate surface area is 124 Å². The first-order valence-corrected chi connectivity index (χ1v) is 7.12. The summed E-state index contributed by atoms with van der Waals surface area (Å²) in [5.74, 6) is 0.635. The summed E-state index contributed by atoms with van der Waals surface area (Å²) in [6.45, 7) is 0. The van der Waals surface area contributed by atoms with Gasteiger partial charge in [0.2, 0.25) is 0 Å². The van der Waals surface area contributed by atoms with Crippen LogP contribution in [0.3, 0.4) is 0 Å². The number of nitrogens with zero attached hydrogens (tertiary/aromatic N) is 1. The fourth-order valence-electron chi connectivity index (χ4n) is 1.69. The second-order valence-corrected chi connectivity index (χ2v) is 5.59. The van der Waals surface area contributed by atoms with Gasteiger partial charge >= 0.3 is 0 Å². The maximum absolute atomic E-state index is 9.32. The first-order chi connectivity index (χ1) is 9.17. The Morgan fingerprint density at radius 1 is 1.42 bits per heavy atom. The lowest BCUT2D eigenvalue weighted by atomic mass is 10.1. The number of hydrogen-bond donors (Lipinski definition) is 1. The van der Waals surface area contributed by atoms with Crippen LogP contribution in [0.5, 0.6) is 5.75 Å². The molecule has 0 aliphatic carbocycles. The van der Waals surface area contributed by atoms with Gasteiger partial charge in [-0.05, 0) is 29.6 Å². The van der Waals surface area contributed by atoms with E-state index >= 15 is 0 Å². The average molecular weight is 335 g/mol. The number of rotatable bonds is 3. The normalized spacial score (nSPS) is 11.6. The minimum absolute atomic E-state index is 0.425. The second kappa shape index (κ2) is 5.91. The van der Waals surface area contributed by atoms with Crippen molar-refractivity contribution in [2.45, 2.75) is 0 Å². The summed E-state index contributed by atoms with van der Waals surface area (Å²) in [4.78, 5) is 0.852. The number of nitrogens with two attached hydrogens (primary N) is 1. The van der Waals surface area contributed by atoms with E-state index in [1.165, 1.54) is 11.3 Å². The Hall–Kier alpha value is -1.77. The van der Waals surface area contributed by atoms with E-state index in [1.807, 2.05) is 35.7 Å². The van der Waals surface area contributed by atoms with Gasteiger partial charge in [-0.15, -0.1) is 11.3 Å². The van der Waals surface area contributed by atoms with E-state index in [0.29, 0.717) is 17.0 Å². The van der Waals surface area contributed by atoms with Crippen LogP contribution in [0, 0.1) is 11.3 Å². The van der Waals surface area contributed by atoms with Crippen LogP contribution in [0.4, 0.5) is 0 Å². The molecule has 0 fully saturated rings. The number of nitriles is 1. The summed E-state index contributed by atoms with van der Waals surface area (Å²) in [5, 5.41) is 11.2. The number of hydrogen-bond acceptors (Lipinski definition) is 4. The predicted molar refractivity (Wildman–Crippen MR) is 81.6 cm³/mol. The highest BCUT2D eigenvalue weighted by atomic mass is 79.9. The molecule has 0 radical (unpaired) electrons. The maximum atomic E-state index is 9.32. The molecule has 2 rings (SSSR count). The Bertz CT molecular complexity index is 657. The van der Waals surface area contributed by atoms with Crippen molar-refractivity contribution < 1.29 is 4.74 Å². The molecule has 3 nitrogen and oxygen atoms in total. The lowest BCUT2D eigenvalue weighted by Crippen LogP contribution is -2.02. The van der Waals surface area contributed by atoms with Crippen LogP contribution in [-0.2, 0) is 0 Å². The monoisotopic (exact) mass is 334 g/mol. The van der Waals surface area contributed by atoms with Gasteiger partial charge in [0, 0.05) is 14.9 Å². The second-order valence-electron chi connectivity index (χ2n) is 3.72. The van der Waals surface area contributed by atoms with Gasteiger partial charge in [0.1, 0.15) is 11.8 Å². The third-order valence-electron chi connectivity index (χ3n) is 2.60. The highest BCUT2D eigenvalue weighted by Crippen LogP contribution is 2.32. The first-order valence-electron chi connectivity index (χ1n) is 5.45. The van der Waals surface area contributed by atoms with Crippen LogP contribution < -0.4 is 10.5 Å². The van der Waals surface area contributed by atoms with Crippen molar-refractivity contribution >= 4 is 38.5 Å². The van der Waals surface area contributed by atoms with E-state index in [4.69, 9.17) is 10.5 Å². The van der Waals surface area contributed by atoms with Gasteiger partial charge in [-0.2, -0.15) is 5.26 Å². The minimum Gasteiger partial charge on any atom is -0.496 e. The molecule has 19 heavy (non-hydrogen) atoms. The zero-order chi connectivity index (χ0) is 13.8. The zero-order valence-electron chi connectivity index (χ0n) is 10.2. The highest BCUT2D eigenvalue weighted by Gasteiger charge is 2.13. The Morgan fingerprint density at radius 3 is 2.79 bits per heavy atom. The maximum Gasteiger partial charge on any atom is 0.129 e. The topological polar surface area (TPSA) is 59.0 Å². The molecule has 5 heteroatoms. The lowest BCUT2D eigenvalue weighted by Gasteiger charge is -2.10. The van der Waals surface area contributed by atoms with Crippen LogP contribution in [-0.4, -0.2) is 7.11 Å². The number of halogens is 1. The molecule has 0 atom stereocenters. The van der Waals surface area contributed by atoms with E-state index in [-0.39, 0.29) is 0 Å². The van der Waals surface area contributed by atoms with E-state index in [2.05, 4.69) is 22.0 Å². The molecule has 0 spiro atoms. The van der Waals surface area contributed by atoms with E-state index in [9.17, 15) is 5.26 Å². The number of methoxy groups -OCH3 is 1. The van der Waals surface area contributed by atoms with Crippen LogP contribution in [0.1, 0.15) is 10.4 Å². The molecule has 0 aliphatic heterocycles. The summed E-state index contributed by atoms with van der Waals surface area (Å²) in [6, 6.07) is 11.5. The molecule has 1 heterocycles. The minimum atomic E-state index is 0.425. The van der Waals surface area contributed by atoms with Gasteiger partial charge in [0.05, 0.1) is 18.4 Å². The Balaban J connectivity index is 2.60. The fourth-order valence-corrected chi connectivity index (χ4v) is 2.77. The van der Waals surface area contributed by atoms with Gasteiger partial charge < -0.3 is 10.5 Å². The fraction of sp³-hybridized carbons (Fsp3) is 0.0714. The summed E-state index contributed by atoms with van der Waals surface area (Å²) in [7, 11) is 1.58. The molecule has 2 aromatic rings. The van der Waals surface area contributed by atoms with Crippen LogP contribution in [0.25, 0.3) is 11.3 Å². The van der Waals surface area contributed by atoms with Gasteiger partial charge in [0.15, 0.2) is 0 Å². The van der Waals surface area contributed by atoms with Gasteiger partial charge in [-0.1, -0.05) is 22.0 Å². The van der Waals surface area contributed by atoms with Crippen LogP contribution in [0.2, 0.25) is 0 Å². The van der Waals surface area contributed by atoms with Crippen LogP contribution in [0.15, 0.2) is 40.2 Å². The number of thiophene rings is 1. The average Bonchev–Trinajstić information content (AvgIpc) is 2.93. The summed E-state index contributed by atoms with van der Waals surface area (Å²) in [5.41, 5.74) is 7.75. The number of ether oxygens (including phenoxy) is 1. The SMILES string of the molecule is COc1cc(Br)ccc1/C(N)=C(/C#N)c1cccs1. The van der Waals surface area contributed by atoms with Gasteiger partial charge in [-0.25, -0.2) is 0 Å². The largest absolute Gasteiger partial charge is 0.496 e. The van der Waals surface area contributed by atoms with E-state index < -0.39 is 0 Å². The van der Waals surface area contributed by atoms with Crippen molar-refractivity contribution in [1.29, 1.82) is 5.26 Å². The summed E-state index contributed by atoms with van der Waals surface area (Å²) >= 11 is 4.86. The summed E-state index contributed by atoms with van der Waals surface area (Å²) < 4.78 is 6.21. The quantitative estimate of drug-likeness (QED) is 0.866. The third kappa shape index (κ3) is 2.80. The number of benzene rings is 1. The molecule has 0 saturated carbocycles. The highest BCUT2D eigenvalue weighted by molar-refractivity contribution is 9.10. The Morgan fingerprint density at radius 2 is 2.21 bits per heavy atom. The first kappa shape index (κ1) is 13.7. The van der Waals surface area contributed by atoms with Crippen molar-refractivity contribution in [3.63, 3.8) is 0 Å². The molecule has 96 valence electrons. The predicted octanol–water partition coefficient (Wildman–Crippen LogP) is 3.87. The van der Waals surface area contributed by atoms with E-state index in [0.717, 1.165) is 14.9 Å². The Kier molecular flexibility index (Phi) is 4.25. The summed E-state index contributed by atoms with van der Waals surface area (Å²) in [6.07, 6.45) is 0. The lowest BCUT2D eigenvalue weighted by molar-refractivity contribution is 0.413. The molecule has 0 amide bonds. The van der Waals surface area contributed by atoms with Gasteiger partial charge in [0.25, 0.3) is 0 Å². The van der Waals surface area contributed by atoms with E-state index in [1.54, 1.807) is 7.11 Å².